The lowest BCUT2D eigenvalue weighted by Gasteiger charge is -2.05. The van der Waals surface area contributed by atoms with Gasteiger partial charge in [0.15, 0.2) is 9.84 Å². The molecular weight excluding hydrogens is 526 g/mol. The summed E-state index contributed by atoms with van der Waals surface area (Å²) in [5.74, 6) is -1.22. The molecule has 4 rings (SSSR count). The highest BCUT2D eigenvalue weighted by Crippen LogP contribution is 2.26. The molecule has 1 fully saturated rings. The Labute approximate surface area is 216 Å². The van der Waals surface area contributed by atoms with Crippen molar-refractivity contribution in [3.8, 4) is 0 Å². The lowest BCUT2D eigenvalue weighted by atomic mass is 10.2. The molecule has 0 spiro atoms. The van der Waals surface area contributed by atoms with Gasteiger partial charge in [-0.05, 0) is 65.7 Å². The summed E-state index contributed by atoms with van der Waals surface area (Å²) in [6.45, 7) is 0. The largest absolute Gasteiger partial charge is 0.372 e. The van der Waals surface area contributed by atoms with Gasteiger partial charge in [-0.1, -0.05) is 60.1 Å². The van der Waals surface area contributed by atoms with Crippen LogP contribution in [0.15, 0.2) is 88.7 Å². The number of hydrogen-bond donors (Lipinski definition) is 2. The molecule has 2 amide bonds. The van der Waals surface area contributed by atoms with Gasteiger partial charge in [0.25, 0.3) is 11.1 Å². The average molecular weight is 546 g/mol. The molecule has 3 aromatic rings. The van der Waals surface area contributed by atoms with Crippen LogP contribution in [0.1, 0.15) is 21.5 Å². The highest BCUT2D eigenvalue weighted by atomic mass is 35.5. The van der Waals surface area contributed by atoms with E-state index in [1.165, 1.54) is 24.3 Å². The van der Waals surface area contributed by atoms with Crippen LogP contribution in [-0.2, 0) is 25.9 Å². The zero-order valence-electron chi connectivity index (χ0n) is 18.6. The van der Waals surface area contributed by atoms with E-state index in [9.17, 15) is 22.8 Å². The van der Waals surface area contributed by atoms with Crippen LogP contribution in [0.3, 0.4) is 0 Å². The molecule has 0 bridgehead atoms. The van der Waals surface area contributed by atoms with Crippen molar-refractivity contribution < 1.29 is 32.9 Å². The molecule has 0 radical (unpaired) electrons. The Kier molecular flexibility index (Phi) is 9.43. The van der Waals surface area contributed by atoms with E-state index in [0.717, 1.165) is 17.3 Å². The zero-order valence-corrected chi connectivity index (χ0v) is 21.0. The van der Waals surface area contributed by atoms with Crippen molar-refractivity contribution in [2.24, 2.45) is 0 Å². The first-order chi connectivity index (χ1) is 17.2. The number of amides is 2. The number of halogens is 1. The summed E-state index contributed by atoms with van der Waals surface area (Å²) >= 11 is 6.38. The molecule has 1 saturated heterocycles. The number of carbonyl (C=O) groups excluding carboxylic acids is 3. The molecule has 1 heterocycles. The number of rotatable bonds is 6. The van der Waals surface area contributed by atoms with Gasteiger partial charge in [0.1, 0.15) is 0 Å². The Hall–Kier alpha value is -3.44. The average Bonchev–Trinajstić information content (AvgIpc) is 3.19. The number of thioether (sulfide) groups is 1. The van der Waals surface area contributed by atoms with Gasteiger partial charge in [-0.15, -0.1) is 0 Å². The first-order valence-corrected chi connectivity index (χ1v) is 13.3. The van der Waals surface area contributed by atoms with Crippen molar-refractivity contribution in [3.05, 3.63) is 105 Å². The molecule has 2 N–H and O–H groups in total. The second-order valence-corrected chi connectivity index (χ2v) is 10.9. The Morgan fingerprint density at radius 1 is 1.00 bits per heavy atom. The molecule has 3 aromatic carbocycles. The molecule has 0 saturated carbocycles. The Bertz CT molecular complexity index is 1390. The van der Waals surface area contributed by atoms with E-state index in [1.54, 1.807) is 30.3 Å². The lowest BCUT2D eigenvalue weighted by Crippen LogP contribution is -2.17. The Morgan fingerprint density at radius 2 is 1.69 bits per heavy atom. The molecule has 186 valence electrons. The van der Waals surface area contributed by atoms with Gasteiger partial charge in [0.2, 0.25) is 0 Å². The maximum absolute atomic E-state index is 12.4. The molecule has 0 unspecified atom stereocenters. The second-order valence-electron chi connectivity index (χ2n) is 7.36. The summed E-state index contributed by atoms with van der Waals surface area (Å²) < 4.78 is 24.9. The molecule has 1 aliphatic rings. The zero-order chi connectivity index (χ0) is 26.1. The second kappa shape index (κ2) is 12.5. The third-order valence-electron chi connectivity index (χ3n) is 4.82. The monoisotopic (exact) mass is 545 g/mol. The summed E-state index contributed by atoms with van der Waals surface area (Å²) in [6, 6.07) is 21.8. The minimum atomic E-state index is -3.38. The summed E-state index contributed by atoms with van der Waals surface area (Å²) in [6.07, 6.45) is 2.01. The number of nitrogens with one attached hydrogen (secondary N) is 1. The van der Waals surface area contributed by atoms with Gasteiger partial charge < -0.3 is 0 Å². The fourth-order valence-corrected chi connectivity index (χ4v) is 5.19. The molecule has 11 heteroatoms. The summed E-state index contributed by atoms with van der Waals surface area (Å²) in [7, 11) is -3.38. The Morgan fingerprint density at radius 3 is 2.28 bits per heavy atom. The molecule has 0 atom stereocenters. The van der Waals surface area contributed by atoms with Gasteiger partial charge in [-0.25, -0.2) is 13.2 Å². The van der Waals surface area contributed by atoms with Gasteiger partial charge in [0.05, 0.1) is 21.1 Å². The van der Waals surface area contributed by atoms with E-state index in [4.69, 9.17) is 16.9 Å². The van der Waals surface area contributed by atoms with Crippen LogP contribution in [0, 0.1) is 0 Å². The predicted molar refractivity (Wildman–Crippen MR) is 137 cm³/mol. The number of sulfone groups is 1. The number of carbonyl (C=O) groups is 3. The van der Waals surface area contributed by atoms with Crippen molar-refractivity contribution in [2.75, 3.05) is 5.75 Å². The smallest absolute Gasteiger partial charge is 0.296 e. The van der Waals surface area contributed by atoms with E-state index in [-0.39, 0.29) is 16.2 Å². The van der Waals surface area contributed by atoms with E-state index < -0.39 is 27.0 Å². The molecule has 36 heavy (non-hydrogen) atoms. The van der Waals surface area contributed by atoms with Crippen molar-refractivity contribution >= 4 is 56.4 Å². The summed E-state index contributed by atoms with van der Waals surface area (Å²) in [4.78, 5) is 37.3. The fraction of sp³-hybridized carbons (Fsp3) is 0.0800. The maximum Gasteiger partial charge on any atom is 0.372 e. The van der Waals surface area contributed by atoms with Gasteiger partial charge >= 0.3 is 5.97 Å². The maximum atomic E-state index is 12.4. The van der Waals surface area contributed by atoms with Gasteiger partial charge in [0, 0.05) is 5.02 Å². The third kappa shape index (κ3) is 7.79. The van der Waals surface area contributed by atoms with E-state index in [2.05, 4.69) is 10.2 Å². The number of benzene rings is 3. The van der Waals surface area contributed by atoms with E-state index in [1.807, 2.05) is 30.3 Å². The number of hydrogen-bond acceptors (Lipinski definition) is 8. The topological polar surface area (TPSA) is 127 Å². The van der Waals surface area contributed by atoms with Crippen LogP contribution in [0.5, 0.6) is 0 Å². The molecule has 8 nitrogen and oxygen atoms in total. The van der Waals surface area contributed by atoms with Crippen LogP contribution >= 0.6 is 23.4 Å². The van der Waals surface area contributed by atoms with Gasteiger partial charge in [-0.3, -0.25) is 19.8 Å². The molecule has 1 aliphatic heterocycles. The first-order valence-electron chi connectivity index (χ1n) is 10.4. The highest BCUT2D eigenvalue weighted by Gasteiger charge is 2.25. The van der Waals surface area contributed by atoms with Crippen molar-refractivity contribution in [1.29, 1.82) is 0 Å². The van der Waals surface area contributed by atoms with Crippen LogP contribution < -0.4 is 5.32 Å². The SMILES string of the molecule is O=C(OO)c1cccc(Cl)c1.O=C1NC(=O)C(=Cc2ccc(S(=O)(=O)CCc3ccccc3)cc2)S1. The van der Waals surface area contributed by atoms with Crippen LogP contribution in [0.4, 0.5) is 4.79 Å². The third-order valence-corrected chi connectivity index (χ3v) is 7.60. The van der Waals surface area contributed by atoms with Crippen LogP contribution in [0.25, 0.3) is 6.08 Å². The predicted octanol–water partition coefficient (Wildman–Crippen LogP) is 5.00. The number of aryl methyl sites for hydroxylation is 1. The molecule has 0 aromatic heterocycles. The Balaban J connectivity index is 0.000000275. The first kappa shape index (κ1) is 27.2. The minimum Gasteiger partial charge on any atom is -0.296 e. The van der Waals surface area contributed by atoms with E-state index >= 15 is 0 Å². The fourth-order valence-electron chi connectivity index (χ4n) is 3.03. The standard InChI is InChI=1S/C18H15NO4S2.C7H5ClO3/c20-17-16(24-18(21)19-17)12-14-6-8-15(9-7-14)25(22,23)11-10-13-4-2-1-3-5-13;8-6-3-1-2-5(4-6)7(9)11-10/h1-9,12H,10-11H2,(H,19,20,21);1-4,10H. The highest BCUT2D eigenvalue weighted by molar-refractivity contribution is 8.18. The van der Waals surface area contributed by atoms with Crippen molar-refractivity contribution in [3.63, 3.8) is 0 Å². The molecular formula is C25H20ClNO7S2. The minimum absolute atomic E-state index is 0.0320. The molecule has 0 aliphatic carbocycles. The summed E-state index contributed by atoms with van der Waals surface area (Å²) in [5, 5.41) is 10.2. The van der Waals surface area contributed by atoms with Crippen LogP contribution in [0.2, 0.25) is 5.02 Å². The van der Waals surface area contributed by atoms with Crippen LogP contribution in [-0.4, -0.2) is 36.5 Å². The normalized spacial score (nSPS) is 14.1. The van der Waals surface area contributed by atoms with Crippen molar-refractivity contribution in [1.82, 2.24) is 5.32 Å². The van der Waals surface area contributed by atoms with E-state index in [0.29, 0.717) is 21.9 Å². The van der Waals surface area contributed by atoms with Gasteiger partial charge in [-0.2, -0.15) is 5.26 Å². The number of imide groups is 1. The van der Waals surface area contributed by atoms with Crippen molar-refractivity contribution in [2.45, 2.75) is 11.3 Å². The summed E-state index contributed by atoms with van der Waals surface area (Å²) in [5.41, 5.74) is 1.86. The quantitative estimate of drug-likeness (QED) is 0.252. The lowest BCUT2D eigenvalue weighted by molar-refractivity contribution is -0.182.